The highest BCUT2D eigenvalue weighted by atomic mass is 32.2. The lowest BCUT2D eigenvalue weighted by Gasteiger charge is -2.07. The van der Waals surface area contributed by atoms with E-state index in [1.807, 2.05) is 24.3 Å². The highest BCUT2D eigenvalue weighted by Gasteiger charge is 2.06. The Morgan fingerprint density at radius 3 is 1.90 bits per heavy atom. The molecule has 0 radical (unpaired) electrons. The normalized spacial score (nSPS) is 12.0. The molecule has 20 heavy (non-hydrogen) atoms. The second-order valence-corrected chi connectivity index (χ2v) is 5.35. The molecule has 0 saturated heterocycles. The number of hydrogen-bond donors (Lipinski definition) is 0. The number of hydrogen-bond acceptors (Lipinski definition) is 1. The number of ether oxygens (including phenoxy) is 1. The summed E-state index contributed by atoms with van der Waals surface area (Å²) in [4.78, 5) is -0.0568. The van der Waals surface area contributed by atoms with Crippen molar-refractivity contribution in [2.24, 2.45) is 0 Å². The molecule has 2 aromatic carbocycles. The van der Waals surface area contributed by atoms with E-state index in [-0.39, 0.29) is 4.90 Å². The molecule has 0 bridgehead atoms. The lowest BCUT2D eigenvalue weighted by molar-refractivity contribution is 0.482. The van der Waals surface area contributed by atoms with Gasteiger partial charge in [-0.05, 0) is 48.4 Å². The molecule has 5 heteroatoms. The van der Waals surface area contributed by atoms with Crippen molar-refractivity contribution in [1.82, 2.24) is 0 Å². The average molecular weight is 298 g/mol. The van der Waals surface area contributed by atoms with Crippen LogP contribution in [0.1, 0.15) is 12.5 Å². The van der Waals surface area contributed by atoms with Crippen LogP contribution in [-0.2, 0) is 6.42 Å². The average Bonchev–Trinajstić information content (AvgIpc) is 2.48. The SMILES string of the molecule is CCc1ccc(Oc2ccc(S(F)=C(F)F)cc2)cc1. The molecule has 106 valence electrons. The Hall–Kier alpha value is -1.75. The molecule has 1 atom stereocenters. The lowest BCUT2D eigenvalue weighted by Crippen LogP contribution is -1.86. The van der Waals surface area contributed by atoms with Gasteiger partial charge >= 0.3 is 5.37 Å². The third-order valence-electron chi connectivity index (χ3n) is 2.73. The number of aryl methyl sites for hydroxylation is 1. The van der Waals surface area contributed by atoms with Gasteiger partial charge in [-0.1, -0.05) is 19.1 Å². The zero-order valence-corrected chi connectivity index (χ0v) is 11.6. The van der Waals surface area contributed by atoms with Gasteiger partial charge in [0, 0.05) is 4.90 Å². The van der Waals surface area contributed by atoms with Crippen LogP contribution in [0.5, 0.6) is 11.5 Å². The summed E-state index contributed by atoms with van der Waals surface area (Å²) in [5.74, 6) is 1.13. The maximum absolute atomic E-state index is 13.1. The van der Waals surface area contributed by atoms with E-state index < -0.39 is 16.2 Å². The Kier molecular flexibility index (Phi) is 4.84. The van der Waals surface area contributed by atoms with Gasteiger partial charge in [0.2, 0.25) is 0 Å². The highest BCUT2D eigenvalue weighted by Crippen LogP contribution is 2.32. The molecule has 0 N–H and O–H groups in total. The highest BCUT2D eigenvalue weighted by molar-refractivity contribution is 8.11. The van der Waals surface area contributed by atoms with E-state index in [2.05, 4.69) is 6.92 Å². The fourth-order valence-corrected chi connectivity index (χ4v) is 2.20. The molecule has 2 aromatic rings. The minimum Gasteiger partial charge on any atom is -0.457 e. The van der Waals surface area contributed by atoms with Gasteiger partial charge in [-0.15, -0.1) is 0 Å². The molecule has 2 rings (SSSR count). The van der Waals surface area contributed by atoms with E-state index in [9.17, 15) is 12.7 Å². The molecule has 0 heterocycles. The molecule has 0 aliphatic heterocycles. The van der Waals surface area contributed by atoms with Crippen LogP contribution in [0.2, 0.25) is 0 Å². The molecule has 0 amide bonds. The third kappa shape index (κ3) is 3.63. The third-order valence-corrected chi connectivity index (χ3v) is 3.69. The molecule has 0 spiro atoms. The Balaban J connectivity index is 2.12. The number of rotatable bonds is 4. The van der Waals surface area contributed by atoms with Crippen molar-refractivity contribution >= 4 is 16.2 Å². The summed E-state index contributed by atoms with van der Waals surface area (Å²) in [6, 6.07) is 13.1. The van der Waals surface area contributed by atoms with Gasteiger partial charge in [0.05, 0.1) is 10.9 Å². The van der Waals surface area contributed by atoms with Crippen molar-refractivity contribution in [3.05, 3.63) is 54.1 Å². The molecular weight excluding hydrogens is 285 g/mol. The van der Waals surface area contributed by atoms with E-state index in [1.54, 1.807) is 0 Å². The summed E-state index contributed by atoms with van der Waals surface area (Å²) in [6.07, 6.45) is 0.944. The molecule has 0 fully saturated rings. The maximum atomic E-state index is 13.1. The fourth-order valence-electron chi connectivity index (χ4n) is 1.65. The molecule has 1 unspecified atom stereocenters. The first-order valence-corrected chi connectivity index (χ1v) is 7.18. The van der Waals surface area contributed by atoms with Gasteiger partial charge in [-0.2, -0.15) is 12.7 Å². The first-order chi connectivity index (χ1) is 9.60. The van der Waals surface area contributed by atoms with Crippen LogP contribution in [0.4, 0.5) is 12.7 Å². The van der Waals surface area contributed by atoms with E-state index in [4.69, 9.17) is 4.74 Å². The van der Waals surface area contributed by atoms with Gasteiger partial charge in [0.15, 0.2) is 0 Å². The summed E-state index contributed by atoms with van der Waals surface area (Å²) in [6.45, 7) is 2.06. The lowest BCUT2D eigenvalue weighted by atomic mass is 10.2. The second-order valence-electron chi connectivity index (χ2n) is 4.05. The summed E-state index contributed by atoms with van der Waals surface area (Å²) in [7, 11) is -2.62. The second kappa shape index (κ2) is 6.61. The van der Waals surface area contributed by atoms with Crippen LogP contribution >= 0.6 is 10.9 Å². The molecular formula is C15H13F3OS. The van der Waals surface area contributed by atoms with Gasteiger partial charge in [0.25, 0.3) is 0 Å². The predicted molar refractivity (Wildman–Crippen MR) is 76.5 cm³/mol. The summed E-state index contributed by atoms with van der Waals surface area (Å²) in [5.41, 5.74) is 1.20. The molecule has 0 aromatic heterocycles. The molecule has 0 aliphatic carbocycles. The smallest absolute Gasteiger partial charge is 0.328 e. The fraction of sp³-hybridized carbons (Fsp3) is 0.133. The molecule has 0 aliphatic rings. The van der Waals surface area contributed by atoms with Crippen LogP contribution in [0.15, 0.2) is 53.4 Å². The maximum Gasteiger partial charge on any atom is 0.328 e. The summed E-state index contributed by atoms with van der Waals surface area (Å²) >= 11 is 0. The Morgan fingerprint density at radius 2 is 1.45 bits per heavy atom. The van der Waals surface area contributed by atoms with Crippen LogP contribution in [0.25, 0.3) is 0 Å². The van der Waals surface area contributed by atoms with Crippen LogP contribution < -0.4 is 4.74 Å². The van der Waals surface area contributed by atoms with Crippen LogP contribution in [0.3, 0.4) is 0 Å². The van der Waals surface area contributed by atoms with Gasteiger partial charge in [-0.3, -0.25) is 0 Å². The Bertz CT molecular complexity index is 602. The zero-order valence-electron chi connectivity index (χ0n) is 10.8. The predicted octanol–water partition coefficient (Wildman–Crippen LogP) is 5.58. The van der Waals surface area contributed by atoms with Gasteiger partial charge in [0.1, 0.15) is 11.5 Å². The monoisotopic (exact) mass is 298 g/mol. The number of halogens is 3. The largest absolute Gasteiger partial charge is 0.457 e. The van der Waals surface area contributed by atoms with Crippen molar-refractivity contribution in [3.63, 3.8) is 0 Å². The minimum atomic E-state index is -2.62. The summed E-state index contributed by atoms with van der Waals surface area (Å²) in [5, 5.41) is -2.21. The van der Waals surface area contributed by atoms with Gasteiger partial charge < -0.3 is 4.74 Å². The first-order valence-electron chi connectivity index (χ1n) is 6.05. The van der Waals surface area contributed by atoms with E-state index >= 15 is 0 Å². The standard InChI is InChI=1S/C15H13F3OS/c1-2-11-3-5-12(6-4-11)19-13-7-9-14(10-8-13)20(18)15(16)17/h3-10H,2H2,1H3. The quantitative estimate of drug-likeness (QED) is 0.529. The van der Waals surface area contributed by atoms with E-state index in [0.717, 1.165) is 6.42 Å². The number of benzene rings is 2. The zero-order chi connectivity index (χ0) is 14.5. The van der Waals surface area contributed by atoms with Crippen molar-refractivity contribution in [2.75, 3.05) is 0 Å². The molecule has 0 saturated carbocycles. The van der Waals surface area contributed by atoms with Crippen molar-refractivity contribution in [1.29, 1.82) is 0 Å². The molecule has 1 nitrogen and oxygen atoms in total. The van der Waals surface area contributed by atoms with Crippen molar-refractivity contribution in [2.45, 2.75) is 18.2 Å². The topological polar surface area (TPSA) is 9.23 Å². The van der Waals surface area contributed by atoms with E-state index in [0.29, 0.717) is 11.5 Å². The van der Waals surface area contributed by atoms with Gasteiger partial charge in [-0.25, -0.2) is 0 Å². The van der Waals surface area contributed by atoms with Crippen molar-refractivity contribution < 1.29 is 17.4 Å². The minimum absolute atomic E-state index is 0.0568. The Morgan fingerprint density at radius 1 is 0.950 bits per heavy atom. The van der Waals surface area contributed by atoms with Crippen molar-refractivity contribution in [3.8, 4) is 11.5 Å². The Labute approximate surface area is 118 Å². The summed E-state index contributed by atoms with van der Waals surface area (Å²) < 4.78 is 43.0. The van der Waals surface area contributed by atoms with Crippen LogP contribution in [-0.4, -0.2) is 5.37 Å². The van der Waals surface area contributed by atoms with E-state index in [1.165, 1.54) is 29.8 Å². The first kappa shape index (κ1) is 14.7. The van der Waals surface area contributed by atoms with Crippen LogP contribution in [0, 0.1) is 0 Å².